The van der Waals surface area contributed by atoms with E-state index in [1.165, 1.54) is 41.7 Å². The van der Waals surface area contributed by atoms with Crippen LogP contribution in [0, 0.1) is 0 Å². The molecule has 0 bridgehead atoms. The van der Waals surface area contributed by atoms with E-state index in [1.807, 2.05) is 0 Å². The number of aromatic nitrogens is 5. The second-order valence-electron chi connectivity index (χ2n) is 8.09. The molecular formula is C24H20F3N7O3. The highest BCUT2D eigenvalue weighted by Crippen LogP contribution is 2.33. The largest absolute Gasteiger partial charge is 0.433 e. The van der Waals surface area contributed by atoms with Crippen LogP contribution in [0.25, 0.3) is 16.9 Å². The molecular weight excluding hydrogens is 491 g/mol. The third-order valence-corrected chi connectivity index (χ3v) is 5.24. The van der Waals surface area contributed by atoms with Gasteiger partial charge in [0.15, 0.2) is 0 Å². The van der Waals surface area contributed by atoms with Gasteiger partial charge >= 0.3 is 6.18 Å². The molecule has 4 heterocycles. The summed E-state index contributed by atoms with van der Waals surface area (Å²) in [4.78, 5) is 45.9. The first kappa shape index (κ1) is 25.3. The summed E-state index contributed by atoms with van der Waals surface area (Å²) in [6.07, 6.45) is 0.606. The molecule has 0 aliphatic rings. The highest BCUT2D eigenvalue weighted by atomic mass is 19.4. The first-order chi connectivity index (χ1) is 17.5. The number of hydrogen-bond donors (Lipinski definition) is 1. The van der Waals surface area contributed by atoms with Crippen molar-refractivity contribution < 1.29 is 22.8 Å². The van der Waals surface area contributed by atoms with Crippen LogP contribution in [0.2, 0.25) is 0 Å². The van der Waals surface area contributed by atoms with Gasteiger partial charge in [0.25, 0.3) is 11.5 Å². The molecule has 0 saturated heterocycles. The predicted octanol–water partition coefficient (Wildman–Crippen LogP) is 2.85. The summed E-state index contributed by atoms with van der Waals surface area (Å²) in [6.45, 7) is -0.244. The molecule has 1 N–H and O–H groups in total. The quantitative estimate of drug-likeness (QED) is 0.426. The number of hydrogen-bond acceptors (Lipinski definition) is 6. The normalized spacial score (nSPS) is 11.3. The van der Waals surface area contributed by atoms with Crippen molar-refractivity contribution in [2.45, 2.75) is 12.7 Å². The van der Waals surface area contributed by atoms with E-state index in [2.05, 4.69) is 20.4 Å². The molecule has 0 aliphatic heterocycles. The van der Waals surface area contributed by atoms with E-state index in [1.54, 1.807) is 26.2 Å². The van der Waals surface area contributed by atoms with Crippen LogP contribution in [-0.4, -0.2) is 55.1 Å². The molecule has 0 atom stereocenters. The van der Waals surface area contributed by atoms with Gasteiger partial charge in [0, 0.05) is 44.3 Å². The van der Waals surface area contributed by atoms with Crippen LogP contribution < -0.4 is 10.9 Å². The SMILES string of the molecule is CN(C)C(=O)Cn1cc(C(=O)Nc2ccc(-n3nc(-c4cccnc4)cc3C(F)(F)F)cn2)ccc1=O. The highest BCUT2D eigenvalue weighted by molar-refractivity contribution is 6.03. The third-order valence-electron chi connectivity index (χ3n) is 5.24. The molecule has 0 saturated carbocycles. The van der Waals surface area contributed by atoms with E-state index in [0.717, 1.165) is 27.6 Å². The molecule has 2 amide bonds. The average Bonchev–Trinajstić information content (AvgIpc) is 3.32. The Labute approximate surface area is 208 Å². The van der Waals surface area contributed by atoms with Crippen molar-refractivity contribution in [3.05, 3.63) is 88.9 Å². The highest BCUT2D eigenvalue weighted by Gasteiger charge is 2.36. The minimum absolute atomic E-state index is 0.0243. The zero-order valence-corrected chi connectivity index (χ0v) is 19.6. The third kappa shape index (κ3) is 5.72. The Morgan fingerprint density at radius 3 is 2.49 bits per heavy atom. The molecule has 0 aliphatic carbocycles. The smallest absolute Gasteiger partial charge is 0.347 e. The molecule has 0 aromatic carbocycles. The van der Waals surface area contributed by atoms with Crippen LogP contribution in [0.1, 0.15) is 16.1 Å². The van der Waals surface area contributed by atoms with E-state index >= 15 is 0 Å². The Morgan fingerprint density at radius 2 is 1.86 bits per heavy atom. The lowest BCUT2D eigenvalue weighted by atomic mass is 10.2. The molecule has 4 aromatic heterocycles. The van der Waals surface area contributed by atoms with E-state index in [9.17, 15) is 27.6 Å². The van der Waals surface area contributed by atoms with Crippen molar-refractivity contribution in [2.75, 3.05) is 19.4 Å². The summed E-state index contributed by atoms with van der Waals surface area (Å²) in [7, 11) is 3.08. The summed E-state index contributed by atoms with van der Waals surface area (Å²) < 4.78 is 42.9. The number of pyridine rings is 3. The Bertz CT molecular complexity index is 1490. The molecule has 10 nitrogen and oxygen atoms in total. The standard InChI is InChI=1S/C24H20F3N7O3/c1-32(2)22(36)14-33-13-16(5-8-21(33)35)23(37)30-20-7-6-17(12-29-20)34-19(24(25,26)27)10-18(31-34)15-4-3-9-28-11-15/h3-13H,14H2,1-2H3,(H,29,30,37). The van der Waals surface area contributed by atoms with E-state index in [-0.39, 0.29) is 35.2 Å². The van der Waals surface area contributed by atoms with E-state index in [4.69, 9.17) is 0 Å². The first-order valence-electron chi connectivity index (χ1n) is 10.8. The molecule has 4 aromatic rings. The molecule has 4 rings (SSSR count). The number of halogens is 3. The van der Waals surface area contributed by atoms with E-state index in [0.29, 0.717) is 5.56 Å². The summed E-state index contributed by atoms with van der Waals surface area (Å²) in [5.41, 5.74) is -0.849. The maximum atomic E-state index is 13.7. The topological polar surface area (TPSA) is 115 Å². The average molecular weight is 511 g/mol. The second-order valence-corrected chi connectivity index (χ2v) is 8.09. The summed E-state index contributed by atoms with van der Waals surface area (Å²) in [6, 6.07) is 9.21. The number of likely N-dealkylation sites (N-methyl/N-ethyl adjacent to an activating group) is 1. The van der Waals surface area contributed by atoms with Crippen LogP contribution in [0.3, 0.4) is 0 Å². The zero-order valence-electron chi connectivity index (χ0n) is 19.6. The Kier molecular flexibility index (Phi) is 6.87. The lowest BCUT2D eigenvalue weighted by molar-refractivity contribution is -0.142. The van der Waals surface area contributed by atoms with Gasteiger partial charge in [0.2, 0.25) is 5.91 Å². The molecule has 0 fully saturated rings. The van der Waals surface area contributed by atoms with Crippen LogP contribution in [0.15, 0.2) is 72.0 Å². The number of carbonyl (C=O) groups is 2. The first-order valence-corrected chi connectivity index (χ1v) is 10.8. The lowest BCUT2D eigenvalue weighted by Gasteiger charge is -2.13. The van der Waals surface area contributed by atoms with Gasteiger partial charge in [-0.15, -0.1) is 0 Å². The summed E-state index contributed by atoms with van der Waals surface area (Å²) >= 11 is 0. The van der Waals surface area contributed by atoms with Crippen molar-refractivity contribution >= 4 is 17.6 Å². The molecule has 0 unspecified atom stereocenters. The number of amides is 2. The molecule has 13 heteroatoms. The van der Waals surface area contributed by atoms with E-state index < -0.39 is 23.3 Å². The summed E-state index contributed by atoms with van der Waals surface area (Å²) in [5.74, 6) is -0.898. The van der Waals surface area contributed by atoms with Gasteiger partial charge in [0.1, 0.15) is 18.1 Å². The minimum Gasteiger partial charge on any atom is -0.347 e. The zero-order chi connectivity index (χ0) is 26.7. The number of rotatable bonds is 6. The van der Waals surface area contributed by atoms with Gasteiger partial charge in [-0.2, -0.15) is 18.3 Å². The molecule has 37 heavy (non-hydrogen) atoms. The molecule has 0 spiro atoms. The molecule has 190 valence electrons. The fraction of sp³-hybridized carbons (Fsp3) is 0.167. The number of anilines is 1. The van der Waals surface area contributed by atoms with Gasteiger partial charge in [-0.1, -0.05) is 0 Å². The van der Waals surface area contributed by atoms with Gasteiger partial charge in [-0.05, 0) is 36.4 Å². The second kappa shape index (κ2) is 10.0. The number of carbonyl (C=O) groups excluding carboxylic acids is 2. The van der Waals surface area contributed by atoms with Crippen molar-refractivity contribution in [3.63, 3.8) is 0 Å². The van der Waals surface area contributed by atoms with Crippen LogP contribution in [-0.2, 0) is 17.5 Å². The fourth-order valence-electron chi connectivity index (χ4n) is 3.29. The van der Waals surface area contributed by atoms with Gasteiger partial charge in [-0.25, -0.2) is 9.67 Å². The van der Waals surface area contributed by atoms with Gasteiger partial charge < -0.3 is 14.8 Å². The van der Waals surface area contributed by atoms with Gasteiger partial charge in [-0.3, -0.25) is 19.4 Å². The monoisotopic (exact) mass is 511 g/mol. The number of alkyl halides is 3. The molecule has 0 radical (unpaired) electrons. The van der Waals surface area contributed by atoms with Crippen LogP contribution in [0.5, 0.6) is 0 Å². The Hall–Kier alpha value is -4.81. The van der Waals surface area contributed by atoms with Crippen molar-refractivity contribution in [2.24, 2.45) is 0 Å². The number of nitrogens with zero attached hydrogens (tertiary/aromatic N) is 6. The Balaban J connectivity index is 1.56. The maximum Gasteiger partial charge on any atom is 0.433 e. The van der Waals surface area contributed by atoms with Crippen molar-refractivity contribution in [1.29, 1.82) is 0 Å². The minimum atomic E-state index is -4.68. The van der Waals surface area contributed by atoms with Crippen LogP contribution >= 0.6 is 0 Å². The summed E-state index contributed by atoms with van der Waals surface area (Å²) in [5, 5.41) is 6.59. The fourth-order valence-corrected chi connectivity index (χ4v) is 3.29. The Morgan fingerprint density at radius 1 is 1.08 bits per heavy atom. The number of nitrogens with one attached hydrogen (secondary N) is 1. The van der Waals surface area contributed by atoms with Crippen molar-refractivity contribution in [3.8, 4) is 16.9 Å². The lowest BCUT2D eigenvalue weighted by Crippen LogP contribution is -2.31. The maximum absolute atomic E-state index is 13.7. The predicted molar refractivity (Wildman–Crippen MR) is 127 cm³/mol. The van der Waals surface area contributed by atoms with Crippen molar-refractivity contribution in [1.82, 2.24) is 29.2 Å². The van der Waals surface area contributed by atoms with Gasteiger partial charge in [0.05, 0.1) is 23.1 Å². The van der Waals surface area contributed by atoms with Crippen LogP contribution in [0.4, 0.5) is 19.0 Å².